The molecular formula is C17H19BrFNO. The number of hydrogen-bond donors (Lipinski definition) is 1. The van der Waals surface area contributed by atoms with Gasteiger partial charge in [-0.1, -0.05) is 34.1 Å². The zero-order valence-electron chi connectivity index (χ0n) is 12.4. The van der Waals surface area contributed by atoms with E-state index >= 15 is 0 Å². The molecule has 112 valence electrons. The molecule has 0 radical (unpaired) electrons. The summed E-state index contributed by atoms with van der Waals surface area (Å²) in [6.45, 7) is 7.02. The molecule has 4 heteroatoms. The SMILES string of the molecule is CC(C)(C)NCc1ccccc1Oc1cc(F)cc(Br)c1. The molecule has 0 aliphatic heterocycles. The van der Waals surface area contributed by atoms with Crippen LogP contribution in [0.5, 0.6) is 11.5 Å². The Hall–Kier alpha value is -1.39. The number of halogens is 2. The maximum atomic E-state index is 13.4. The molecular weight excluding hydrogens is 333 g/mol. The van der Waals surface area contributed by atoms with Crippen LogP contribution in [0, 0.1) is 5.82 Å². The lowest BCUT2D eigenvalue weighted by Crippen LogP contribution is -2.35. The first-order chi connectivity index (χ1) is 9.83. The van der Waals surface area contributed by atoms with Crippen LogP contribution in [-0.2, 0) is 6.54 Å². The summed E-state index contributed by atoms with van der Waals surface area (Å²) in [5.41, 5.74) is 1.06. The molecule has 2 rings (SSSR count). The summed E-state index contributed by atoms with van der Waals surface area (Å²) in [5.74, 6) is 0.876. The van der Waals surface area contributed by atoms with Crippen molar-refractivity contribution >= 4 is 15.9 Å². The lowest BCUT2D eigenvalue weighted by Gasteiger charge is -2.21. The van der Waals surface area contributed by atoms with E-state index in [1.807, 2.05) is 24.3 Å². The van der Waals surface area contributed by atoms with Crippen LogP contribution >= 0.6 is 15.9 Å². The minimum atomic E-state index is -0.329. The van der Waals surface area contributed by atoms with E-state index < -0.39 is 0 Å². The van der Waals surface area contributed by atoms with Gasteiger partial charge in [0.15, 0.2) is 0 Å². The number of ether oxygens (including phenoxy) is 1. The Balaban J connectivity index is 2.20. The van der Waals surface area contributed by atoms with Gasteiger partial charge in [-0.2, -0.15) is 0 Å². The predicted molar refractivity (Wildman–Crippen MR) is 87.2 cm³/mol. The summed E-state index contributed by atoms with van der Waals surface area (Å²) in [6, 6.07) is 12.3. The van der Waals surface area contributed by atoms with Crippen molar-refractivity contribution < 1.29 is 9.13 Å². The Kier molecular flexibility index (Phi) is 5.01. The summed E-state index contributed by atoms with van der Waals surface area (Å²) >= 11 is 3.27. The minimum absolute atomic E-state index is 0.0228. The molecule has 0 bridgehead atoms. The third kappa shape index (κ3) is 5.14. The second kappa shape index (κ2) is 6.58. The van der Waals surface area contributed by atoms with E-state index in [2.05, 4.69) is 42.0 Å². The standard InChI is InChI=1S/C17H19BrFNO/c1-17(2,3)20-11-12-6-4-5-7-16(12)21-15-9-13(18)8-14(19)10-15/h4-10,20H,11H2,1-3H3. The largest absolute Gasteiger partial charge is 0.457 e. The molecule has 2 aromatic carbocycles. The van der Waals surface area contributed by atoms with Gasteiger partial charge in [0.05, 0.1) is 0 Å². The second-order valence-electron chi connectivity index (χ2n) is 5.92. The van der Waals surface area contributed by atoms with E-state index in [1.54, 1.807) is 6.07 Å². The molecule has 0 spiro atoms. The first-order valence-corrected chi connectivity index (χ1v) is 7.60. The van der Waals surface area contributed by atoms with Gasteiger partial charge in [0, 0.05) is 28.2 Å². The third-order valence-corrected chi connectivity index (χ3v) is 3.30. The van der Waals surface area contributed by atoms with E-state index in [1.165, 1.54) is 12.1 Å². The summed E-state index contributed by atoms with van der Waals surface area (Å²) < 4.78 is 19.9. The van der Waals surface area contributed by atoms with Gasteiger partial charge in [-0.05, 0) is 39.0 Å². The fourth-order valence-corrected chi connectivity index (χ4v) is 2.27. The summed E-state index contributed by atoms with van der Waals surface area (Å²) in [7, 11) is 0. The molecule has 21 heavy (non-hydrogen) atoms. The van der Waals surface area contributed by atoms with Gasteiger partial charge in [-0.25, -0.2) is 4.39 Å². The van der Waals surface area contributed by atoms with Crippen molar-refractivity contribution in [2.24, 2.45) is 0 Å². The van der Waals surface area contributed by atoms with Crippen LogP contribution in [-0.4, -0.2) is 5.54 Å². The molecule has 0 heterocycles. The highest BCUT2D eigenvalue weighted by Crippen LogP contribution is 2.28. The Bertz CT molecular complexity index is 602. The minimum Gasteiger partial charge on any atom is -0.457 e. The lowest BCUT2D eigenvalue weighted by atomic mass is 10.1. The van der Waals surface area contributed by atoms with Crippen LogP contribution in [0.15, 0.2) is 46.9 Å². The summed E-state index contributed by atoms with van der Waals surface area (Å²) in [5, 5.41) is 3.42. The molecule has 0 unspecified atom stereocenters. The highest BCUT2D eigenvalue weighted by atomic mass is 79.9. The average molecular weight is 352 g/mol. The smallest absolute Gasteiger partial charge is 0.131 e. The number of para-hydroxylation sites is 1. The van der Waals surface area contributed by atoms with Gasteiger partial charge in [-0.15, -0.1) is 0 Å². The van der Waals surface area contributed by atoms with Crippen LogP contribution in [0.3, 0.4) is 0 Å². The summed E-state index contributed by atoms with van der Waals surface area (Å²) in [4.78, 5) is 0. The van der Waals surface area contributed by atoms with Gasteiger partial charge in [0.2, 0.25) is 0 Å². The van der Waals surface area contributed by atoms with E-state index in [0.717, 1.165) is 11.3 Å². The van der Waals surface area contributed by atoms with E-state index in [9.17, 15) is 4.39 Å². The quantitative estimate of drug-likeness (QED) is 0.810. The van der Waals surface area contributed by atoms with Crippen molar-refractivity contribution in [2.75, 3.05) is 0 Å². The summed E-state index contributed by atoms with van der Waals surface area (Å²) in [6.07, 6.45) is 0. The fraction of sp³-hybridized carbons (Fsp3) is 0.294. The van der Waals surface area contributed by atoms with E-state index in [-0.39, 0.29) is 11.4 Å². The maximum absolute atomic E-state index is 13.4. The molecule has 2 nitrogen and oxygen atoms in total. The van der Waals surface area contributed by atoms with Gasteiger partial charge in [0.1, 0.15) is 17.3 Å². The Labute approximate surface area is 133 Å². The van der Waals surface area contributed by atoms with Gasteiger partial charge < -0.3 is 10.1 Å². The van der Waals surface area contributed by atoms with Crippen LogP contribution in [0.4, 0.5) is 4.39 Å². The first kappa shape index (κ1) is 16.0. The molecule has 1 N–H and O–H groups in total. The van der Waals surface area contributed by atoms with Crippen molar-refractivity contribution in [1.29, 1.82) is 0 Å². The molecule has 0 saturated carbocycles. The van der Waals surface area contributed by atoms with Crippen LogP contribution in [0.25, 0.3) is 0 Å². The third-order valence-electron chi connectivity index (χ3n) is 2.85. The van der Waals surface area contributed by atoms with Gasteiger partial charge in [-0.3, -0.25) is 0 Å². The topological polar surface area (TPSA) is 21.3 Å². The zero-order valence-corrected chi connectivity index (χ0v) is 14.0. The van der Waals surface area contributed by atoms with Crippen molar-refractivity contribution in [3.63, 3.8) is 0 Å². The molecule has 0 aliphatic carbocycles. The first-order valence-electron chi connectivity index (χ1n) is 6.80. The molecule has 0 saturated heterocycles. The fourth-order valence-electron chi connectivity index (χ4n) is 1.82. The molecule has 0 atom stereocenters. The molecule has 0 aromatic heterocycles. The lowest BCUT2D eigenvalue weighted by molar-refractivity contribution is 0.413. The highest BCUT2D eigenvalue weighted by molar-refractivity contribution is 9.10. The van der Waals surface area contributed by atoms with Gasteiger partial charge >= 0.3 is 0 Å². The number of rotatable bonds is 4. The number of nitrogens with one attached hydrogen (secondary N) is 1. The second-order valence-corrected chi connectivity index (χ2v) is 6.83. The zero-order chi connectivity index (χ0) is 15.5. The van der Waals surface area contributed by atoms with Gasteiger partial charge in [0.25, 0.3) is 0 Å². The van der Waals surface area contributed by atoms with Crippen molar-refractivity contribution in [3.8, 4) is 11.5 Å². The van der Waals surface area contributed by atoms with Crippen molar-refractivity contribution in [1.82, 2.24) is 5.32 Å². The Morgan fingerprint density at radius 3 is 2.52 bits per heavy atom. The average Bonchev–Trinajstić information content (AvgIpc) is 2.35. The Morgan fingerprint density at radius 1 is 1.14 bits per heavy atom. The van der Waals surface area contributed by atoms with Crippen LogP contribution in [0.2, 0.25) is 0 Å². The molecule has 2 aromatic rings. The normalized spacial score (nSPS) is 11.5. The Morgan fingerprint density at radius 2 is 1.86 bits per heavy atom. The number of benzene rings is 2. The molecule has 0 aliphatic rings. The molecule has 0 fully saturated rings. The van der Waals surface area contributed by atoms with Crippen molar-refractivity contribution in [3.05, 3.63) is 58.3 Å². The van der Waals surface area contributed by atoms with Crippen LogP contribution < -0.4 is 10.1 Å². The van der Waals surface area contributed by atoms with Crippen LogP contribution in [0.1, 0.15) is 26.3 Å². The van der Waals surface area contributed by atoms with E-state index in [0.29, 0.717) is 16.8 Å². The number of hydrogen-bond acceptors (Lipinski definition) is 2. The van der Waals surface area contributed by atoms with Crippen molar-refractivity contribution in [2.45, 2.75) is 32.9 Å². The van der Waals surface area contributed by atoms with E-state index in [4.69, 9.17) is 4.74 Å². The monoisotopic (exact) mass is 351 g/mol. The predicted octanol–water partition coefficient (Wildman–Crippen LogP) is 5.27. The molecule has 0 amide bonds. The highest BCUT2D eigenvalue weighted by Gasteiger charge is 2.11. The maximum Gasteiger partial charge on any atom is 0.131 e.